The molecule has 0 fully saturated rings. The van der Waals surface area contributed by atoms with Crippen LogP contribution in [0.1, 0.15) is 0 Å². The summed E-state index contributed by atoms with van der Waals surface area (Å²) in [6, 6.07) is 36.3. The number of para-hydroxylation sites is 3. The van der Waals surface area contributed by atoms with E-state index in [9.17, 15) is 0 Å². The van der Waals surface area contributed by atoms with Gasteiger partial charge in [0, 0.05) is 11.3 Å². The number of ether oxygens (including phenoxy) is 1. The lowest BCUT2D eigenvalue weighted by atomic mass is 9.46. The molecule has 0 unspecified atom stereocenters. The Morgan fingerprint density at radius 1 is 0.607 bits per heavy atom. The first kappa shape index (κ1) is 16.7. The van der Waals surface area contributed by atoms with Crippen LogP contribution in [0.5, 0.6) is 5.75 Å². The van der Waals surface area contributed by atoms with Crippen LogP contribution in [0.4, 0.5) is 11.4 Å². The van der Waals surface area contributed by atoms with E-state index in [1.807, 2.05) is 12.1 Å². The number of nitrogens with zero attached hydrogens (tertiary/aromatic N) is 1. The third-order valence-corrected chi connectivity index (χ3v) is 5.43. The smallest absolute Gasteiger partial charge is 0.328 e. The fourth-order valence-corrected chi connectivity index (χ4v) is 4.23. The lowest BCUT2D eigenvalue weighted by molar-refractivity contribution is 0.416. The fourth-order valence-electron chi connectivity index (χ4n) is 4.23. The van der Waals surface area contributed by atoms with Crippen LogP contribution in [0.2, 0.25) is 0 Å². The Morgan fingerprint density at radius 2 is 1.21 bits per heavy atom. The van der Waals surface area contributed by atoms with Gasteiger partial charge in [-0.05, 0) is 29.2 Å². The van der Waals surface area contributed by atoms with E-state index in [0.717, 1.165) is 11.4 Å². The summed E-state index contributed by atoms with van der Waals surface area (Å²) in [5.74, 6) is 0.873. The molecular weight excluding hydrogens is 341 g/mol. The van der Waals surface area contributed by atoms with Crippen LogP contribution in [-0.2, 0) is 0 Å². The second-order valence-electron chi connectivity index (χ2n) is 6.96. The summed E-state index contributed by atoms with van der Waals surface area (Å²) in [5.41, 5.74) is 7.36. The van der Waals surface area contributed by atoms with Crippen molar-refractivity contribution in [1.29, 1.82) is 0 Å². The van der Waals surface area contributed by atoms with E-state index >= 15 is 0 Å². The highest BCUT2D eigenvalue weighted by Crippen LogP contribution is 2.42. The van der Waals surface area contributed by atoms with E-state index < -0.39 is 0 Å². The van der Waals surface area contributed by atoms with Crippen LogP contribution in [0.25, 0.3) is 11.1 Å². The van der Waals surface area contributed by atoms with Gasteiger partial charge < -0.3 is 9.55 Å². The average molecular weight is 361 g/mol. The molecule has 0 N–H and O–H groups in total. The van der Waals surface area contributed by atoms with Crippen molar-refractivity contribution in [3.63, 3.8) is 0 Å². The van der Waals surface area contributed by atoms with Crippen molar-refractivity contribution >= 4 is 29.1 Å². The standard InChI is InChI=1S/C25H20BNO/c1-28-25-18-10-9-17-24(25)27-23-16-8-6-14-21(23)20-13-5-7-15-22(20)26(27)19-11-3-2-4-12-19/h2-18H,1H3. The van der Waals surface area contributed by atoms with Gasteiger partial charge in [-0.1, -0.05) is 90.4 Å². The van der Waals surface area contributed by atoms with Crippen molar-refractivity contribution in [3.8, 4) is 16.9 Å². The molecule has 0 amide bonds. The van der Waals surface area contributed by atoms with Crippen LogP contribution in [0, 0.1) is 0 Å². The SMILES string of the molecule is COc1ccccc1N1B(c2ccccc2)c2ccccc2-c2ccccc21. The number of anilines is 2. The quantitative estimate of drug-likeness (QED) is 0.494. The van der Waals surface area contributed by atoms with Gasteiger partial charge in [-0.3, -0.25) is 0 Å². The molecule has 0 aromatic heterocycles. The van der Waals surface area contributed by atoms with E-state index in [0.29, 0.717) is 0 Å². The second kappa shape index (κ2) is 6.93. The van der Waals surface area contributed by atoms with Gasteiger partial charge in [0.15, 0.2) is 0 Å². The lowest BCUT2D eigenvalue weighted by Gasteiger charge is -2.39. The van der Waals surface area contributed by atoms with Gasteiger partial charge in [-0.2, -0.15) is 0 Å². The Balaban J connectivity index is 1.84. The zero-order chi connectivity index (χ0) is 18.9. The maximum absolute atomic E-state index is 5.74. The highest BCUT2D eigenvalue weighted by Gasteiger charge is 2.37. The zero-order valence-electron chi connectivity index (χ0n) is 15.7. The number of hydrogen-bond donors (Lipinski definition) is 0. The van der Waals surface area contributed by atoms with Crippen LogP contribution < -0.4 is 20.5 Å². The molecule has 0 aliphatic carbocycles. The van der Waals surface area contributed by atoms with Crippen LogP contribution in [0.3, 0.4) is 0 Å². The third kappa shape index (κ3) is 2.59. The molecule has 1 aliphatic rings. The molecular formula is C25H20BNO. The van der Waals surface area contributed by atoms with Gasteiger partial charge in [0.2, 0.25) is 0 Å². The molecule has 1 heterocycles. The maximum Gasteiger partial charge on any atom is 0.328 e. The summed E-state index contributed by atoms with van der Waals surface area (Å²) >= 11 is 0. The van der Waals surface area contributed by atoms with Crippen molar-refractivity contribution in [2.45, 2.75) is 0 Å². The summed E-state index contributed by atoms with van der Waals surface area (Å²) in [5, 5.41) is 0. The average Bonchev–Trinajstić information content (AvgIpc) is 2.78. The van der Waals surface area contributed by atoms with E-state index in [4.69, 9.17) is 4.74 Å². The van der Waals surface area contributed by atoms with Crippen molar-refractivity contribution in [1.82, 2.24) is 0 Å². The molecule has 4 aromatic rings. The first-order valence-electron chi connectivity index (χ1n) is 9.54. The molecule has 2 nitrogen and oxygen atoms in total. The van der Waals surface area contributed by atoms with Crippen LogP contribution >= 0.6 is 0 Å². The van der Waals surface area contributed by atoms with E-state index in [-0.39, 0.29) is 6.85 Å². The maximum atomic E-state index is 5.74. The summed E-state index contributed by atoms with van der Waals surface area (Å²) in [7, 11) is 1.74. The van der Waals surface area contributed by atoms with Gasteiger partial charge in [0.05, 0.1) is 12.8 Å². The molecule has 5 rings (SSSR count). The molecule has 1 aliphatic heterocycles. The van der Waals surface area contributed by atoms with Gasteiger partial charge >= 0.3 is 6.85 Å². The molecule has 0 saturated heterocycles. The molecule has 28 heavy (non-hydrogen) atoms. The highest BCUT2D eigenvalue weighted by atomic mass is 16.5. The van der Waals surface area contributed by atoms with Gasteiger partial charge in [-0.15, -0.1) is 0 Å². The molecule has 134 valence electrons. The molecule has 3 heteroatoms. The summed E-state index contributed by atoms with van der Waals surface area (Å²) in [6.45, 7) is 0.0728. The predicted molar refractivity (Wildman–Crippen MR) is 118 cm³/mol. The number of benzene rings is 4. The second-order valence-corrected chi connectivity index (χ2v) is 6.96. The first-order valence-corrected chi connectivity index (χ1v) is 9.54. The molecule has 0 radical (unpaired) electrons. The Bertz CT molecular complexity index is 1130. The minimum absolute atomic E-state index is 0.0728. The minimum Gasteiger partial charge on any atom is -0.495 e. The van der Waals surface area contributed by atoms with Crippen molar-refractivity contribution in [2.24, 2.45) is 0 Å². The number of fused-ring (bicyclic) bond motifs is 3. The monoisotopic (exact) mass is 361 g/mol. The van der Waals surface area contributed by atoms with E-state index in [1.165, 1.54) is 27.7 Å². The Kier molecular flexibility index (Phi) is 4.14. The summed E-state index contributed by atoms with van der Waals surface area (Å²) in [4.78, 5) is 2.41. The first-order chi connectivity index (χ1) is 13.9. The normalized spacial score (nSPS) is 12.3. The Morgan fingerprint density at radius 3 is 2.00 bits per heavy atom. The lowest BCUT2D eigenvalue weighted by Crippen LogP contribution is -2.57. The van der Waals surface area contributed by atoms with Crippen molar-refractivity contribution in [2.75, 3.05) is 11.9 Å². The largest absolute Gasteiger partial charge is 0.495 e. The fraction of sp³-hybridized carbons (Fsp3) is 0.0400. The van der Waals surface area contributed by atoms with Gasteiger partial charge in [-0.25, -0.2) is 0 Å². The predicted octanol–water partition coefficient (Wildman–Crippen LogP) is 4.62. The van der Waals surface area contributed by atoms with Crippen LogP contribution in [-0.4, -0.2) is 14.0 Å². The number of methoxy groups -OCH3 is 1. The summed E-state index contributed by atoms with van der Waals surface area (Å²) < 4.78 is 5.74. The van der Waals surface area contributed by atoms with Crippen LogP contribution in [0.15, 0.2) is 103 Å². The van der Waals surface area contributed by atoms with Gasteiger partial charge in [0.1, 0.15) is 5.75 Å². The molecule has 4 aromatic carbocycles. The number of rotatable bonds is 3. The topological polar surface area (TPSA) is 12.5 Å². The van der Waals surface area contributed by atoms with E-state index in [2.05, 4.69) is 95.8 Å². The van der Waals surface area contributed by atoms with Crippen molar-refractivity contribution < 1.29 is 4.74 Å². The van der Waals surface area contributed by atoms with Gasteiger partial charge in [0.25, 0.3) is 0 Å². The molecule has 0 spiro atoms. The third-order valence-electron chi connectivity index (χ3n) is 5.43. The zero-order valence-corrected chi connectivity index (χ0v) is 15.7. The summed E-state index contributed by atoms with van der Waals surface area (Å²) in [6.07, 6.45) is 0. The number of hydrogen-bond acceptors (Lipinski definition) is 2. The Hall–Kier alpha value is -3.46. The van der Waals surface area contributed by atoms with E-state index in [1.54, 1.807) is 7.11 Å². The highest BCUT2D eigenvalue weighted by molar-refractivity contribution is 6.90. The molecule has 0 atom stereocenters. The molecule has 0 saturated carbocycles. The Labute approximate surface area is 166 Å². The minimum atomic E-state index is 0.0728. The van der Waals surface area contributed by atoms with Crippen molar-refractivity contribution in [3.05, 3.63) is 103 Å². The molecule has 0 bridgehead atoms.